The zero-order valence-corrected chi connectivity index (χ0v) is 50.1. The maximum absolute atomic E-state index is 14.4. The van der Waals surface area contributed by atoms with Crippen molar-refractivity contribution in [2.75, 3.05) is 71.9 Å². The van der Waals surface area contributed by atoms with E-state index in [-0.39, 0.29) is 85.4 Å². The number of carbonyl (C=O) groups is 9. The summed E-state index contributed by atoms with van der Waals surface area (Å²) in [5.41, 5.74) is 0.394. The summed E-state index contributed by atoms with van der Waals surface area (Å²) < 4.78 is 15.9. The number of methoxy groups -OCH3 is 1. The molecule has 1 aromatic heterocycles. The van der Waals surface area contributed by atoms with Crippen molar-refractivity contribution in [2.24, 2.45) is 29.6 Å². The molecular formula is C56H89N7O13S2. The molecule has 0 aliphatic carbocycles. The molecule has 0 aliphatic heterocycles. The minimum atomic E-state index is -1.05. The molecular weight excluding hydrogens is 1040 g/mol. The number of hydrogen-bond donors (Lipinski definition) is 5. The van der Waals surface area contributed by atoms with Crippen molar-refractivity contribution in [3.8, 4) is 0 Å². The predicted molar refractivity (Wildman–Crippen MR) is 303 cm³/mol. The fourth-order valence-electron chi connectivity index (χ4n) is 8.54. The lowest BCUT2D eigenvalue weighted by Gasteiger charge is -2.38. The summed E-state index contributed by atoms with van der Waals surface area (Å²) in [5.74, 6) is -5.74. The highest BCUT2D eigenvalue weighted by Crippen LogP contribution is 2.33. The molecule has 5 amide bonds. The number of nitrogens with zero attached hydrogens (tertiary/aromatic N) is 3. The van der Waals surface area contributed by atoms with Crippen LogP contribution in [0, 0.1) is 29.6 Å². The smallest absolute Gasteiger partial charge is 0.306 e. The Morgan fingerprint density at radius 1 is 0.885 bits per heavy atom. The second-order valence-corrected chi connectivity index (χ2v) is 23.0. The maximum atomic E-state index is 14.4. The molecule has 8 atom stereocenters. The number of likely N-dealkylation sites (N-methyl/N-ethyl adjacent to an activating group) is 1. The first-order valence-corrected chi connectivity index (χ1v) is 29.1. The molecule has 78 heavy (non-hydrogen) atoms. The van der Waals surface area contributed by atoms with Gasteiger partial charge in [0.1, 0.15) is 29.1 Å². The topological polar surface area (TPSA) is 269 Å². The number of aromatic nitrogens is 1. The molecule has 2 aromatic rings. The number of thioether (sulfide) groups is 1. The molecule has 5 N–H and O–H groups in total. The van der Waals surface area contributed by atoms with Crippen molar-refractivity contribution in [3.63, 3.8) is 0 Å². The molecule has 20 nitrogen and oxygen atoms in total. The van der Waals surface area contributed by atoms with E-state index < -0.39 is 77.2 Å². The summed E-state index contributed by atoms with van der Waals surface area (Å²) >= 11 is 2.48. The molecule has 0 saturated heterocycles. The Morgan fingerprint density at radius 2 is 1.55 bits per heavy atom. The first-order chi connectivity index (χ1) is 36.7. The number of anilines is 1. The zero-order valence-electron chi connectivity index (χ0n) is 48.5. The van der Waals surface area contributed by atoms with Gasteiger partial charge in [-0.15, -0.1) is 11.3 Å². The number of thiazole rings is 1. The third kappa shape index (κ3) is 23.6. The Kier molecular flexibility index (Phi) is 30.6. The van der Waals surface area contributed by atoms with E-state index in [0.717, 1.165) is 16.9 Å². The Bertz CT molecular complexity index is 2270. The summed E-state index contributed by atoms with van der Waals surface area (Å²) in [6.07, 6.45) is 3.60. The van der Waals surface area contributed by atoms with Crippen molar-refractivity contribution in [1.82, 2.24) is 30.7 Å². The third-order valence-electron chi connectivity index (χ3n) is 14.2. The fourth-order valence-corrected chi connectivity index (χ4v) is 9.81. The highest BCUT2D eigenvalue weighted by molar-refractivity contribution is 7.99. The maximum Gasteiger partial charge on any atom is 0.306 e. The van der Waals surface area contributed by atoms with E-state index in [2.05, 4.69) is 26.3 Å². The number of ketones is 2. The number of nitrogens with one attached hydrogen (secondary N) is 4. The van der Waals surface area contributed by atoms with Crippen LogP contribution in [0.5, 0.6) is 0 Å². The molecule has 0 fully saturated rings. The molecule has 0 spiro atoms. The largest absolute Gasteiger partial charge is 0.481 e. The number of carboxylic acids is 1. The molecule has 1 aromatic carbocycles. The van der Waals surface area contributed by atoms with E-state index in [1.165, 1.54) is 31.2 Å². The van der Waals surface area contributed by atoms with Gasteiger partial charge in [-0.2, -0.15) is 11.8 Å². The highest BCUT2D eigenvalue weighted by Gasteiger charge is 2.39. The number of unbranched alkanes of at least 4 members (excludes halogenated alkanes) is 1. The standard InChI is InChI=1S/C56H89N7O13S2/c1-15-35(4)44(29-48(66)56(8,9)62(10)11)54(71)63(12)46(34(2)3)30-47(76-38(7)64)53-61-45(33-78-53)52(70)60-42(26-36(5)55(72)73)27-39-19-21-41(22-20-39)59-50(68)37(6)58-51(69)40(28-43(65)32-77-14)18-16-17-23-57-49(67)31-75-25-24-74-13/h19-22,33-37,40,42,44,46-47H,15-18,23-32H2,1-14H3,(H,57,67)(H,58,69)(H,59,68)(H,60,70)(H,72,73)/t35?,36?,37?,40?,42-,44+,46-,47-/m1/s1. The van der Waals surface area contributed by atoms with Crippen molar-refractivity contribution in [3.05, 3.63) is 45.9 Å². The van der Waals surface area contributed by atoms with Crippen molar-refractivity contribution < 1.29 is 62.5 Å². The number of aliphatic carboxylic acids is 1. The van der Waals surface area contributed by atoms with Gasteiger partial charge in [-0.05, 0) is 96.3 Å². The molecule has 2 rings (SSSR count). The number of rotatable bonds is 38. The van der Waals surface area contributed by atoms with Crippen molar-refractivity contribution >= 4 is 81.8 Å². The number of carboxylic acid groups (broad SMARTS) is 1. The Balaban J connectivity index is 2.21. The number of ether oxygens (including phenoxy) is 3. The van der Waals surface area contributed by atoms with Crippen LogP contribution in [-0.2, 0) is 59.0 Å². The van der Waals surface area contributed by atoms with Gasteiger partial charge < -0.3 is 45.5 Å². The summed E-state index contributed by atoms with van der Waals surface area (Å²) in [6, 6.07) is 4.70. The van der Waals surface area contributed by atoms with Crippen LogP contribution in [0.15, 0.2) is 29.6 Å². The molecule has 0 radical (unpaired) electrons. The van der Waals surface area contributed by atoms with Crippen LogP contribution in [0.4, 0.5) is 5.69 Å². The van der Waals surface area contributed by atoms with E-state index in [1.54, 1.807) is 56.3 Å². The van der Waals surface area contributed by atoms with Gasteiger partial charge in [-0.25, -0.2) is 4.98 Å². The van der Waals surface area contributed by atoms with Crippen LogP contribution >= 0.6 is 23.1 Å². The van der Waals surface area contributed by atoms with Gasteiger partial charge in [-0.1, -0.05) is 59.6 Å². The number of carbonyl (C=O) groups excluding carboxylic acids is 8. The van der Waals surface area contributed by atoms with Gasteiger partial charge in [0.2, 0.25) is 23.6 Å². The first-order valence-electron chi connectivity index (χ1n) is 26.8. The molecule has 22 heteroatoms. The van der Waals surface area contributed by atoms with Gasteiger partial charge >= 0.3 is 11.9 Å². The quantitative estimate of drug-likeness (QED) is 0.0361. The average Bonchev–Trinajstić information content (AvgIpc) is 3.88. The van der Waals surface area contributed by atoms with E-state index in [4.69, 9.17) is 14.2 Å². The first kappa shape index (κ1) is 68.8. The Morgan fingerprint density at radius 3 is 2.13 bits per heavy atom. The van der Waals surface area contributed by atoms with Gasteiger partial charge in [0.15, 0.2) is 11.9 Å². The lowest BCUT2D eigenvalue weighted by Crippen LogP contribution is -2.50. The van der Waals surface area contributed by atoms with E-state index in [1.807, 2.05) is 60.5 Å². The van der Waals surface area contributed by atoms with Crippen LogP contribution < -0.4 is 21.3 Å². The van der Waals surface area contributed by atoms with Crippen LogP contribution in [0.25, 0.3) is 0 Å². The lowest BCUT2D eigenvalue weighted by atomic mass is 9.81. The van der Waals surface area contributed by atoms with Gasteiger partial charge in [0, 0.05) is 81.9 Å². The minimum Gasteiger partial charge on any atom is -0.481 e. The van der Waals surface area contributed by atoms with Crippen LogP contribution in [0.2, 0.25) is 0 Å². The fraction of sp³-hybridized carbons (Fsp3) is 0.679. The molecule has 1 heterocycles. The summed E-state index contributed by atoms with van der Waals surface area (Å²) in [5, 5.41) is 23.0. The van der Waals surface area contributed by atoms with E-state index in [0.29, 0.717) is 56.1 Å². The molecule has 0 aliphatic rings. The Labute approximate surface area is 470 Å². The van der Waals surface area contributed by atoms with Crippen LogP contribution in [0.3, 0.4) is 0 Å². The predicted octanol–water partition coefficient (Wildman–Crippen LogP) is 6.37. The second-order valence-electron chi connectivity index (χ2n) is 21.3. The molecule has 438 valence electrons. The summed E-state index contributed by atoms with van der Waals surface area (Å²) in [7, 11) is 6.91. The highest BCUT2D eigenvalue weighted by atomic mass is 32.2. The zero-order chi connectivity index (χ0) is 58.9. The molecule has 0 bridgehead atoms. The van der Waals surface area contributed by atoms with Gasteiger partial charge in [0.05, 0.1) is 30.4 Å². The van der Waals surface area contributed by atoms with Gasteiger partial charge in [0.25, 0.3) is 5.91 Å². The van der Waals surface area contributed by atoms with Crippen molar-refractivity contribution in [1.29, 1.82) is 0 Å². The van der Waals surface area contributed by atoms with Crippen molar-refractivity contribution in [2.45, 2.75) is 150 Å². The normalized spacial score (nSPS) is 14.7. The summed E-state index contributed by atoms with van der Waals surface area (Å²) in [6.45, 7) is 16.9. The SMILES string of the molecule is CCC(C)[C@H](CC(=O)C(C)(C)N(C)C)C(=O)N(C)[C@H](C[C@@H](OC(C)=O)c1nc(C(=O)N[C@@H](Cc2ccc(NC(=O)C(C)NC(=O)C(CCCCNC(=O)COCCOC)CC(=O)CSC)cc2)CC(C)C(=O)O)cs1)C(C)C. The van der Waals surface area contributed by atoms with Crippen LogP contribution in [0.1, 0.15) is 141 Å². The van der Waals surface area contributed by atoms with E-state index >= 15 is 0 Å². The number of esters is 1. The Hall–Kier alpha value is -5.29. The number of amides is 5. The van der Waals surface area contributed by atoms with Crippen LogP contribution in [-0.4, -0.2) is 163 Å². The molecule has 0 saturated carbocycles. The number of Topliss-reactive ketones (excluding diaryl/α,β-unsaturated/α-hetero) is 2. The summed E-state index contributed by atoms with van der Waals surface area (Å²) in [4.78, 5) is 126. The van der Waals surface area contributed by atoms with Gasteiger partial charge in [-0.3, -0.25) is 48.1 Å². The molecule has 4 unspecified atom stereocenters. The minimum absolute atomic E-state index is 0.0135. The third-order valence-corrected chi connectivity index (χ3v) is 15.8. The number of hydrogen-bond acceptors (Lipinski definition) is 16. The average molecular weight is 1130 g/mol. The van der Waals surface area contributed by atoms with E-state index in [9.17, 15) is 48.3 Å². The monoisotopic (exact) mass is 1130 g/mol. The lowest BCUT2D eigenvalue weighted by molar-refractivity contribution is -0.150. The second kappa shape index (κ2) is 34.7. The number of benzene rings is 1.